The number of anilines is 1. The van der Waals surface area contributed by atoms with Gasteiger partial charge in [-0.2, -0.15) is 0 Å². The quantitative estimate of drug-likeness (QED) is 0.654. The maximum absolute atomic E-state index is 13.5. The lowest BCUT2D eigenvalue weighted by Gasteiger charge is -2.55. The molecule has 2 amide bonds. The summed E-state index contributed by atoms with van der Waals surface area (Å²) < 4.78 is 0. The molecule has 4 fully saturated rings. The van der Waals surface area contributed by atoms with E-state index in [4.69, 9.17) is 23.2 Å². The normalized spacial score (nSPS) is 29.6. The third-order valence-corrected chi connectivity index (χ3v) is 8.59. The highest BCUT2D eigenvalue weighted by Gasteiger charge is 2.54. The van der Waals surface area contributed by atoms with Gasteiger partial charge in [0.15, 0.2) is 0 Å². The lowest BCUT2D eigenvalue weighted by atomic mass is 9.49. The van der Waals surface area contributed by atoms with Crippen LogP contribution in [0.2, 0.25) is 10.0 Å². The maximum atomic E-state index is 13.5. The summed E-state index contributed by atoms with van der Waals surface area (Å²) in [6, 6.07) is 4.86. The molecule has 0 radical (unpaired) electrons. The van der Waals surface area contributed by atoms with Gasteiger partial charge in [0.25, 0.3) is 5.91 Å². The van der Waals surface area contributed by atoms with Gasteiger partial charge in [-0.25, -0.2) is 9.97 Å². The van der Waals surface area contributed by atoms with Crippen LogP contribution in [-0.2, 0) is 17.8 Å². The summed E-state index contributed by atoms with van der Waals surface area (Å²) in [6.45, 7) is 0.880. The van der Waals surface area contributed by atoms with Gasteiger partial charge in [-0.15, -0.1) is 0 Å². The van der Waals surface area contributed by atoms with Gasteiger partial charge >= 0.3 is 0 Å². The zero-order valence-electron chi connectivity index (χ0n) is 18.3. The smallest absolute Gasteiger partial charge is 0.254 e. The average molecular weight is 485 g/mol. The predicted molar refractivity (Wildman–Crippen MR) is 126 cm³/mol. The maximum Gasteiger partial charge on any atom is 0.254 e. The molecule has 1 aromatic heterocycles. The van der Waals surface area contributed by atoms with Crippen molar-refractivity contribution < 1.29 is 9.59 Å². The molecule has 33 heavy (non-hydrogen) atoms. The molecular weight excluding hydrogens is 459 g/mol. The number of amides is 2. The fourth-order valence-corrected chi connectivity index (χ4v) is 7.65. The Balaban J connectivity index is 1.20. The highest BCUT2D eigenvalue weighted by Crippen LogP contribution is 2.60. The Morgan fingerprint density at radius 2 is 1.61 bits per heavy atom. The molecule has 0 atom stereocenters. The van der Waals surface area contributed by atoms with E-state index in [0.717, 1.165) is 30.5 Å². The molecular formula is C25H26Cl2N4O2. The molecule has 2 heterocycles. The summed E-state index contributed by atoms with van der Waals surface area (Å²) in [7, 11) is 0. The van der Waals surface area contributed by atoms with Crippen molar-refractivity contribution in [2.24, 2.45) is 23.2 Å². The minimum Gasteiger partial charge on any atom is -0.332 e. The van der Waals surface area contributed by atoms with Gasteiger partial charge in [-0.1, -0.05) is 23.2 Å². The zero-order chi connectivity index (χ0) is 22.7. The monoisotopic (exact) mass is 484 g/mol. The summed E-state index contributed by atoms with van der Waals surface area (Å²) in [5, 5.41) is 4.05. The number of fused-ring (bicyclic) bond motifs is 1. The van der Waals surface area contributed by atoms with Gasteiger partial charge < -0.3 is 10.2 Å². The van der Waals surface area contributed by atoms with E-state index < -0.39 is 0 Å². The van der Waals surface area contributed by atoms with Crippen molar-refractivity contribution in [2.75, 3.05) is 11.9 Å². The molecule has 8 heteroatoms. The molecule has 4 bridgehead atoms. The second-order valence-electron chi connectivity index (χ2n) is 10.4. The minimum atomic E-state index is -0.227. The molecule has 4 aliphatic carbocycles. The number of nitrogens with zero attached hydrogens (tertiary/aromatic N) is 3. The first-order valence-electron chi connectivity index (χ1n) is 11.8. The summed E-state index contributed by atoms with van der Waals surface area (Å²) in [5.41, 5.74) is 1.94. The zero-order valence-corrected chi connectivity index (χ0v) is 19.8. The average Bonchev–Trinajstić information content (AvgIpc) is 2.77. The Hall–Kier alpha value is -2.18. The molecule has 1 aliphatic heterocycles. The van der Waals surface area contributed by atoms with Crippen molar-refractivity contribution >= 4 is 40.8 Å². The van der Waals surface area contributed by atoms with E-state index in [1.165, 1.54) is 25.6 Å². The van der Waals surface area contributed by atoms with Crippen molar-refractivity contribution in [2.45, 2.75) is 51.5 Å². The highest BCUT2D eigenvalue weighted by atomic mass is 35.5. The predicted octanol–water partition coefficient (Wildman–Crippen LogP) is 5.14. The van der Waals surface area contributed by atoms with E-state index in [2.05, 4.69) is 15.3 Å². The first-order valence-corrected chi connectivity index (χ1v) is 12.5. The number of aromatic nitrogens is 2. The number of hydrogen-bond acceptors (Lipinski definition) is 4. The Morgan fingerprint density at radius 1 is 0.970 bits per heavy atom. The minimum absolute atomic E-state index is 0.134. The third-order valence-electron chi connectivity index (χ3n) is 8.16. The van der Waals surface area contributed by atoms with Gasteiger partial charge in [0, 0.05) is 27.7 Å². The van der Waals surface area contributed by atoms with Crippen LogP contribution in [0.4, 0.5) is 5.82 Å². The van der Waals surface area contributed by atoms with Gasteiger partial charge in [0.1, 0.15) is 12.1 Å². The van der Waals surface area contributed by atoms with Gasteiger partial charge in [0.05, 0.1) is 17.7 Å². The lowest BCUT2D eigenvalue weighted by molar-refractivity contribution is -0.140. The van der Waals surface area contributed by atoms with E-state index in [0.29, 0.717) is 58.7 Å². The largest absolute Gasteiger partial charge is 0.332 e. The van der Waals surface area contributed by atoms with Gasteiger partial charge in [-0.05, 0) is 80.9 Å². The molecule has 1 aromatic carbocycles. The van der Waals surface area contributed by atoms with Crippen LogP contribution in [0.3, 0.4) is 0 Å². The molecule has 0 saturated heterocycles. The number of carbonyl (C=O) groups is 2. The second kappa shape index (κ2) is 7.95. The van der Waals surface area contributed by atoms with E-state index in [1.54, 1.807) is 23.1 Å². The summed E-state index contributed by atoms with van der Waals surface area (Å²) in [4.78, 5) is 37.1. The molecule has 2 aromatic rings. The van der Waals surface area contributed by atoms with E-state index in [9.17, 15) is 9.59 Å². The Bertz CT molecular complexity index is 1100. The number of rotatable bonds is 3. The van der Waals surface area contributed by atoms with Crippen molar-refractivity contribution in [1.29, 1.82) is 0 Å². The van der Waals surface area contributed by atoms with Crippen LogP contribution in [0.15, 0.2) is 24.5 Å². The summed E-state index contributed by atoms with van der Waals surface area (Å²) >= 11 is 12.2. The summed E-state index contributed by atoms with van der Waals surface area (Å²) in [6.07, 6.45) is 9.03. The number of hydrogen-bond donors (Lipinski definition) is 1. The molecule has 0 unspecified atom stereocenters. The van der Waals surface area contributed by atoms with E-state index in [-0.39, 0.29) is 17.2 Å². The third kappa shape index (κ3) is 3.81. The lowest BCUT2D eigenvalue weighted by Crippen LogP contribution is -2.52. The van der Waals surface area contributed by atoms with Crippen LogP contribution in [0, 0.1) is 23.2 Å². The number of carbonyl (C=O) groups excluding carboxylic acids is 2. The molecule has 0 spiro atoms. The van der Waals surface area contributed by atoms with Crippen LogP contribution in [0.5, 0.6) is 0 Å². The van der Waals surface area contributed by atoms with Gasteiger partial charge in [0.2, 0.25) is 5.91 Å². The second-order valence-corrected chi connectivity index (χ2v) is 11.3. The van der Waals surface area contributed by atoms with Crippen molar-refractivity contribution in [3.63, 3.8) is 0 Å². The topological polar surface area (TPSA) is 75.2 Å². The van der Waals surface area contributed by atoms with Crippen LogP contribution in [-0.4, -0.2) is 33.2 Å². The van der Waals surface area contributed by atoms with Crippen LogP contribution >= 0.6 is 23.2 Å². The Kier molecular flexibility index (Phi) is 5.15. The van der Waals surface area contributed by atoms with Crippen LogP contribution < -0.4 is 5.32 Å². The highest BCUT2D eigenvalue weighted by molar-refractivity contribution is 6.35. The van der Waals surface area contributed by atoms with Crippen LogP contribution in [0.1, 0.15) is 60.1 Å². The summed E-state index contributed by atoms with van der Waals surface area (Å²) in [5.74, 6) is 2.73. The standard InChI is InChI=1S/C25H26Cl2N4O2/c26-18-6-17(7-19(27)8-18)23(32)31-2-1-20-21(12-31)28-13-29-22(20)30-24(33)25-9-14-3-15(10-25)5-16(4-14)11-25/h6-8,13-16H,1-5,9-12H2,(H,28,29,30,33). The molecule has 6 nitrogen and oxygen atoms in total. The number of halogens is 2. The van der Waals surface area contributed by atoms with Crippen molar-refractivity contribution in [3.05, 3.63) is 51.4 Å². The van der Waals surface area contributed by atoms with E-state index >= 15 is 0 Å². The fourth-order valence-electron chi connectivity index (χ4n) is 7.12. The first-order chi connectivity index (χ1) is 15.9. The molecule has 172 valence electrons. The fraction of sp³-hybridized carbons (Fsp3) is 0.520. The molecule has 5 aliphatic rings. The SMILES string of the molecule is O=C(c1cc(Cl)cc(Cl)c1)N1CCc2c(ncnc2NC(=O)C23CC4CC(CC(C4)C2)C3)C1. The van der Waals surface area contributed by atoms with Crippen molar-refractivity contribution in [1.82, 2.24) is 14.9 Å². The van der Waals surface area contributed by atoms with Gasteiger partial charge in [-0.3, -0.25) is 9.59 Å². The van der Waals surface area contributed by atoms with Crippen LogP contribution in [0.25, 0.3) is 0 Å². The van der Waals surface area contributed by atoms with E-state index in [1.807, 2.05) is 0 Å². The molecule has 4 saturated carbocycles. The number of nitrogens with one attached hydrogen (secondary N) is 1. The first kappa shape index (κ1) is 21.4. The Morgan fingerprint density at radius 3 is 2.24 bits per heavy atom. The molecule has 1 N–H and O–H groups in total. The molecule has 7 rings (SSSR count). The number of benzene rings is 1. The Labute approximate surface area is 203 Å². The van der Waals surface area contributed by atoms with Crippen molar-refractivity contribution in [3.8, 4) is 0 Å².